The number of aryl methyl sites for hydroxylation is 1. The molecule has 3 aromatic heterocycles. The van der Waals surface area contributed by atoms with Crippen LogP contribution in [0.2, 0.25) is 0 Å². The van der Waals surface area contributed by atoms with Crippen LogP contribution in [0.15, 0.2) is 53.3 Å². The highest BCUT2D eigenvalue weighted by Gasteiger charge is 2.31. The number of nitrogens with zero attached hydrogens (tertiary/aromatic N) is 5. The van der Waals surface area contributed by atoms with Gasteiger partial charge in [-0.15, -0.1) is 0 Å². The Morgan fingerprint density at radius 2 is 2.09 bits per heavy atom. The lowest BCUT2D eigenvalue weighted by Crippen LogP contribution is -2.42. The third kappa shape index (κ3) is 3.96. The summed E-state index contributed by atoms with van der Waals surface area (Å²) in [6.07, 6.45) is 3.34. The maximum atomic E-state index is 12.9. The first-order valence-electron chi connectivity index (χ1n) is 10.5. The van der Waals surface area contributed by atoms with Crippen LogP contribution in [0.5, 0.6) is 0 Å². The molecule has 1 saturated heterocycles. The molecule has 2 amide bonds. The zero-order chi connectivity index (χ0) is 22.9. The molecule has 1 atom stereocenters. The first-order valence-corrected chi connectivity index (χ1v) is 10.5. The smallest absolute Gasteiger partial charge is 0.274 e. The van der Waals surface area contributed by atoms with Crippen molar-refractivity contribution in [2.45, 2.75) is 19.9 Å². The molecule has 4 aromatic rings. The van der Waals surface area contributed by atoms with Crippen LogP contribution in [0, 0.1) is 6.92 Å². The summed E-state index contributed by atoms with van der Waals surface area (Å²) in [5.41, 5.74) is 3.31. The minimum atomic E-state index is -0.419. The van der Waals surface area contributed by atoms with Gasteiger partial charge in [-0.2, -0.15) is 4.98 Å². The molecule has 4 heterocycles. The van der Waals surface area contributed by atoms with E-state index >= 15 is 0 Å². The van der Waals surface area contributed by atoms with E-state index in [1.807, 2.05) is 37.3 Å². The second-order valence-electron chi connectivity index (χ2n) is 7.82. The zero-order valence-electron chi connectivity index (χ0n) is 18.2. The van der Waals surface area contributed by atoms with Crippen molar-refractivity contribution < 1.29 is 18.8 Å². The fourth-order valence-electron chi connectivity index (χ4n) is 3.86. The van der Waals surface area contributed by atoms with Gasteiger partial charge in [0.2, 0.25) is 11.7 Å². The van der Waals surface area contributed by atoms with Crippen LogP contribution in [0.4, 0.5) is 5.69 Å². The van der Waals surface area contributed by atoms with Crippen LogP contribution in [-0.4, -0.2) is 56.0 Å². The van der Waals surface area contributed by atoms with Crippen LogP contribution < -0.4 is 5.32 Å². The van der Waals surface area contributed by atoms with Gasteiger partial charge in [-0.05, 0) is 30.7 Å². The number of nitrogens with one attached hydrogen (secondary N) is 1. The minimum Gasteiger partial charge on any atom is -0.377 e. The number of imidazole rings is 1. The molecule has 0 radical (unpaired) electrons. The molecular formula is C23H22N6O4. The summed E-state index contributed by atoms with van der Waals surface area (Å²) in [5.74, 6) is 0.330. The average Bonchev–Trinajstić information content (AvgIpc) is 3.48. The van der Waals surface area contributed by atoms with E-state index in [0.29, 0.717) is 54.1 Å². The predicted molar refractivity (Wildman–Crippen MR) is 119 cm³/mol. The highest BCUT2D eigenvalue weighted by molar-refractivity contribution is 6.04. The molecule has 168 valence electrons. The first-order chi connectivity index (χ1) is 16.0. The van der Waals surface area contributed by atoms with Crippen LogP contribution in [-0.2, 0) is 9.53 Å². The van der Waals surface area contributed by atoms with E-state index in [-0.39, 0.29) is 11.8 Å². The van der Waals surface area contributed by atoms with Gasteiger partial charge < -0.3 is 19.5 Å². The zero-order valence-corrected chi connectivity index (χ0v) is 18.2. The molecule has 1 aliphatic rings. The Bertz CT molecular complexity index is 1340. The van der Waals surface area contributed by atoms with Crippen LogP contribution in [0.25, 0.3) is 17.0 Å². The number of hydrogen-bond acceptors (Lipinski definition) is 7. The maximum absolute atomic E-state index is 12.9. The Kier molecular flexibility index (Phi) is 5.35. The lowest BCUT2D eigenvalue weighted by atomic mass is 10.1. The molecule has 0 spiro atoms. The number of carbonyl (C=O) groups excluding carboxylic acids is 2. The van der Waals surface area contributed by atoms with Crippen molar-refractivity contribution >= 4 is 23.1 Å². The van der Waals surface area contributed by atoms with Gasteiger partial charge in [0.05, 0.1) is 19.4 Å². The topological polar surface area (TPSA) is 115 Å². The first kappa shape index (κ1) is 20.8. The molecule has 1 fully saturated rings. The normalized spacial score (nSPS) is 16.2. The van der Waals surface area contributed by atoms with Crippen molar-refractivity contribution in [2.24, 2.45) is 0 Å². The second kappa shape index (κ2) is 8.47. The Labute approximate surface area is 189 Å². The number of fused-ring (bicyclic) bond motifs is 1. The lowest BCUT2D eigenvalue weighted by molar-refractivity contribution is -0.138. The van der Waals surface area contributed by atoms with Gasteiger partial charge >= 0.3 is 0 Å². The van der Waals surface area contributed by atoms with E-state index in [2.05, 4.69) is 20.4 Å². The predicted octanol–water partition coefficient (Wildman–Crippen LogP) is 2.86. The van der Waals surface area contributed by atoms with Crippen molar-refractivity contribution in [3.63, 3.8) is 0 Å². The molecule has 1 aromatic carbocycles. The van der Waals surface area contributed by atoms with Crippen molar-refractivity contribution in [2.75, 3.05) is 25.1 Å². The van der Waals surface area contributed by atoms with Gasteiger partial charge in [-0.25, -0.2) is 4.98 Å². The summed E-state index contributed by atoms with van der Waals surface area (Å²) >= 11 is 0. The number of aromatic nitrogens is 4. The molecule has 0 bridgehead atoms. The van der Waals surface area contributed by atoms with Crippen molar-refractivity contribution in [1.29, 1.82) is 0 Å². The van der Waals surface area contributed by atoms with Crippen LogP contribution in [0.1, 0.15) is 34.9 Å². The van der Waals surface area contributed by atoms with Gasteiger partial charge in [0.25, 0.3) is 11.8 Å². The Hall–Kier alpha value is -4.05. The van der Waals surface area contributed by atoms with Crippen molar-refractivity contribution in [3.8, 4) is 11.4 Å². The maximum Gasteiger partial charge on any atom is 0.274 e. The molecule has 10 heteroatoms. The van der Waals surface area contributed by atoms with Crippen LogP contribution in [0.3, 0.4) is 0 Å². The molecule has 0 aliphatic carbocycles. The van der Waals surface area contributed by atoms with E-state index in [9.17, 15) is 9.59 Å². The number of carbonyl (C=O) groups is 2. The SMILES string of the molecule is CC(=O)N1CCOC[C@@H]1c1nc(-c2ccc(C)c(NC(=O)c3cnc4ccccn34)c2)no1. The standard InChI is InChI=1S/C23H22N6O4/c1-14-6-7-16(21-26-23(33-27-21)19-13-32-10-9-28(19)15(2)30)11-17(14)25-22(31)18-12-24-20-5-3-4-8-29(18)20/h3-8,11-12,19H,9-10,13H2,1-2H3,(H,25,31)/t19-/m1/s1. The molecule has 1 aliphatic heterocycles. The average molecular weight is 446 g/mol. The molecule has 10 nitrogen and oxygen atoms in total. The van der Waals surface area contributed by atoms with Gasteiger partial charge in [0.1, 0.15) is 17.4 Å². The number of benzene rings is 1. The number of hydrogen-bond donors (Lipinski definition) is 1. The van der Waals surface area contributed by atoms with E-state index in [0.717, 1.165) is 5.56 Å². The lowest BCUT2D eigenvalue weighted by Gasteiger charge is -2.32. The van der Waals surface area contributed by atoms with Crippen molar-refractivity contribution in [1.82, 2.24) is 24.4 Å². The number of ether oxygens (including phenoxy) is 1. The summed E-state index contributed by atoms with van der Waals surface area (Å²) in [6, 6.07) is 10.7. The Morgan fingerprint density at radius 3 is 2.94 bits per heavy atom. The summed E-state index contributed by atoms with van der Waals surface area (Å²) in [7, 11) is 0. The van der Waals surface area contributed by atoms with Gasteiger partial charge in [-0.1, -0.05) is 23.4 Å². The summed E-state index contributed by atoms with van der Waals surface area (Å²) in [5, 5.41) is 7.04. The third-order valence-electron chi connectivity index (χ3n) is 5.65. The third-order valence-corrected chi connectivity index (χ3v) is 5.65. The number of anilines is 1. The van der Waals surface area contributed by atoms with Crippen LogP contribution >= 0.6 is 0 Å². The minimum absolute atomic E-state index is 0.0734. The molecule has 1 N–H and O–H groups in total. The summed E-state index contributed by atoms with van der Waals surface area (Å²) in [6.45, 7) is 4.66. The van der Waals surface area contributed by atoms with Gasteiger partial charge in [0, 0.05) is 30.9 Å². The second-order valence-corrected chi connectivity index (χ2v) is 7.82. The highest BCUT2D eigenvalue weighted by Crippen LogP contribution is 2.28. The Morgan fingerprint density at radius 1 is 1.21 bits per heavy atom. The highest BCUT2D eigenvalue weighted by atomic mass is 16.5. The van der Waals surface area contributed by atoms with Crippen molar-refractivity contribution in [3.05, 3.63) is 65.9 Å². The van der Waals surface area contributed by atoms with E-state index in [1.165, 1.54) is 6.92 Å². The number of morpholine rings is 1. The fraction of sp³-hybridized carbons (Fsp3) is 0.261. The molecule has 33 heavy (non-hydrogen) atoms. The summed E-state index contributed by atoms with van der Waals surface area (Å²) in [4.78, 5) is 35.3. The largest absolute Gasteiger partial charge is 0.377 e. The molecule has 5 rings (SSSR count). The fourth-order valence-corrected chi connectivity index (χ4v) is 3.86. The van der Waals surface area contributed by atoms with Gasteiger partial charge in [-0.3, -0.25) is 14.0 Å². The molecule has 0 unspecified atom stereocenters. The van der Waals surface area contributed by atoms with E-state index in [4.69, 9.17) is 9.26 Å². The van der Waals surface area contributed by atoms with Gasteiger partial charge in [0.15, 0.2) is 0 Å². The number of pyridine rings is 1. The van der Waals surface area contributed by atoms with E-state index in [1.54, 1.807) is 27.8 Å². The summed E-state index contributed by atoms with van der Waals surface area (Å²) < 4.78 is 12.7. The monoisotopic (exact) mass is 446 g/mol. The Balaban J connectivity index is 1.40. The molecule has 0 saturated carbocycles. The molecular weight excluding hydrogens is 424 g/mol. The number of amides is 2. The quantitative estimate of drug-likeness (QED) is 0.513. The van der Waals surface area contributed by atoms with E-state index < -0.39 is 6.04 Å². The number of rotatable bonds is 4.